The number of fused-ring (bicyclic) bond motifs is 3. The lowest BCUT2D eigenvalue weighted by Gasteiger charge is -2.15. The molecule has 0 aliphatic heterocycles. The molecule has 1 N–H and O–H groups in total. The maximum atomic E-state index is 13.4. The molecule has 5 nitrogen and oxygen atoms in total. The highest BCUT2D eigenvalue weighted by molar-refractivity contribution is 7.18. The molecule has 1 amide bonds. The molecular weight excluding hydrogens is 396 g/mol. The van der Waals surface area contributed by atoms with Gasteiger partial charge in [-0.05, 0) is 55.9 Å². The highest BCUT2D eigenvalue weighted by atomic mass is 32.1. The number of thiophene rings is 1. The monoisotopic (exact) mass is 417 g/mol. The van der Waals surface area contributed by atoms with Gasteiger partial charge in [-0.1, -0.05) is 6.07 Å². The Morgan fingerprint density at radius 1 is 1.28 bits per heavy atom. The number of benzene rings is 1. The average Bonchev–Trinajstić information content (AvgIpc) is 3.08. The smallest absolute Gasteiger partial charge is 0.262 e. The number of aromatic nitrogens is 2. The van der Waals surface area contributed by atoms with Crippen LogP contribution in [0.2, 0.25) is 0 Å². The van der Waals surface area contributed by atoms with Crippen molar-refractivity contribution in [2.24, 2.45) is 0 Å². The number of nitrogens with one attached hydrogen (secondary N) is 1. The number of halogens is 2. The normalized spacial score (nSPS) is 14.6. The minimum atomic E-state index is -0.950. The molecule has 1 aliphatic carbocycles. The molecule has 1 atom stereocenters. The lowest BCUT2D eigenvalue weighted by molar-refractivity contribution is -0.121. The molecule has 2 heterocycles. The third-order valence-electron chi connectivity index (χ3n) is 5.34. The van der Waals surface area contributed by atoms with Crippen molar-refractivity contribution >= 4 is 27.5 Å². The third kappa shape index (κ3) is 3.94. The molecule has 0 saturated carbocycles. The SMILES string of the molecule is C[C@H](NC(=O)CCn1cnc2sc3c(c2c1=O)CCCC3)c1ccc(F)c(F)c1. The van der Waals surface area contributed by atoms with Crippen molar-refractivity contribution in [3.8, 4) is 0 Å². The van der Waals surface area contributed by atoms with Crippen LogP contribution in [0.25, 0.3) is 10.2 Å². The first-order chi connectivity index (χ1) is 13.9. The van der Waals surface area contributed by atoms with E-state index in [-0.39, 0.29) is 24.4 Å². The van der Waals surface area contributed by atoms with Crippen LogP contribution in [0.15, 0.2) is 29.3 Å². The largest absolute Gasteiger partial charge is 0.350 e. The van der Waals surface area contributed by atoms with Gasteiger partial charge >= 0.3 is 0 Å². The molecule has 0 bridgehead atoms. The Kier molecular flexibility index (Phi) is 5.45. The fourth-order valence-corrected chi connectivity index (χ4v) is 4.96. The molecule has 4 rings (SSSR count). The third-order valence-corrected chi connectivity index (χ3v) is 6.54. The molecular formula is C21H21F2N3O2S. The molecule has 29 heavy (non-hydrogen) atoms. The quantitative estimate of drug-likeness (QED) is 0.685. The molecule has 1 aromatic carbocycles. The molecule has 0 fully saturated rings. The first kappa shape index (κ1) is 19.7. The van der Waals surface area contributed by atoms with E-state index in [1.54, 1.807) is 18.3 Å². The van der Waals surface area contributed by atoms with E-state index >= 15 is 0 Å². The first-order valence-corrected chi connectivity index (χ1v) is 10.5. The van der Waals surface area contributed by atoms with E-state index in [9.17, 15) is 18.4 Å². The standard InChI is InChI=1S/C21H21F2N3O2S/c1-12(13-6-7-15(22)16(23)10-13)25-18(27)8-9-26-11-24-20-19(21(26)28)14-4-2-3-5-17(14)29-20/h6-7,10-12H,2-5,8-9H2,1H3,(H,25,27)/t12-/m0/s1. The van der Waals surface area contributed by atoms with Crippen LogP contribution in [-0.4, -0.2) is 15.5 Å². The van der Waals surface area contributed by atoms with Crippen molar-refractivity contribution in [1.29, 1.82) is 0 Å². The number of rotatable bonds is 5. The molecule has 0 saturated heterocycles. The van der Waals surface area contributed by atoms with Crippen molar-refractivity contribution in [1.82, 2.24) is 14.9 Å². The lowest BCUT2D eigenvalue weighted by atomic mass is 9.97. The van der Waals surface area contributed by atoms with Crippen LogP contribution in [0, 0.1) is 11.6 Å². The average molecular weight is 417 g/mol. The summed E-state index contributed by atoms with van der Waals surface area (Å²) in [6, 6.07) is 3.07. The van der Waals surface area contributed by atoms with Crippen molar-refractivity contribution < 1.29 is 13.6 Å². The summed E-state index contributed by atoms with van der Waals surface area (Å²) in [6.07, 6.45) is 5.72. The Morgan fingerprint density at radius 2 is 2.07 bits per heavy atom. The number of aryl methyl sites for hydroxylation is 3. The Labute approximate surface area is 170 Å². The second-order valence-electron chi connectivity index (χ2n) is 7.35. The van der Waals surface area contributed by atoms with Gasteiger partial charge < -0.3 is 5.32 Å². The molecule has 2 aromatic heterocycles. The van der Waals surface area contributed by atoms with E-state index in [4.69, 9.17) is 0 Å². The number of carbonyl (C=O) groups excluding carboxylic acids is 1. The van der Waals surface area contributed by atoms with Gasteiger partial charge in [0.05, 0.1) is 17.8 Å². The number of nitrogens with zero attached hydrogens (tertiary/aromatic N) is 2. The lowest BCUT2D eigenvalue weighted by Crippen LogP contribution is -2.29. The predicted molar refractivity (Wildman–Crippen MR) is 108 cm³/mol. The van der Waals surface area contributed by atoms with Crippen LogP contribution in [0.5, 0.6) is 0 Å². The summed E-state index contributed by atoms with van der Waals surface area (Å²) >= 11 is 1.59. The van der Waals surface area contributed by atoms with E-state index in [1.165, 1.54) is 21.8 Å². The second-order valence-corrected chi connectivity index (χ2v) is 8.43. The van der Waals surface area contributed by atoms with Crippen LogP contribution in [0.1, 0.15) is 48.2 Å². The van der Waals surface area contributed by atoms with Crippen LogP contribution < -0.4 is 10.9 Å². The van der Waals surface area contributed by atoms with Gasteiger partial charge in [0.15, 0.2) is 11.6 Å². The molecule has 152 valence electrons. The van der Waals surface area contributed by atoms with Crippen LogP contribution in [0.4, 0.5) is 8.78 Å². The zero-order valence-corrected chi connectivity index (χ0v) is 16.8. The Bertz CT molecular complexity index is 1140. The molecule has 8 heteroatoms. The Morgan fingerprint density at radius 3 is 2.86 bits per heavy atom. The summed E-state index contributed by atoms with van der Waals surface area (Å²) < 4.78 is 27.9. The fraction of sp³-hybridized carbons (Fsp3) is 0.381. The molecule has 3 aromatic rings. The summed E-state index contributed by atoms with van der Waals surface area (Å²) in [5.74, 6) is -2.15. The van der Waals surface area contributed by atoms with Gasteiger partial charge in [0.1, 0.15) is 4.83 Å². The van der Waals surface area contributed by atoms with Gasteiger partial charge in [-0.25, -0.2) is 13.8 Å². The number of hydrogen-bond donors (Lipinski definition) is 1. The maximum absolute atomic E-state index is 13.4. The molecule has 1 aliphatic rings. The van der Waals surface area contributed by atoms with E-state index in [0.29, 0.717) is 10.9 Å². The van der Waals surface area contributed by atoms with Crippen molar-refractivity contribution in [2.45, 2.75) is 51.6 Å². The Balaban J connectivity index is 1.45. The van der Waals surface area contributed by atoms with Crippen molar-refractivity contribution in [3.63, 3.8) is 0 Å². The minimum absolute atomic E-state index is 0.0907. The van der Waals surface area contributed by atoms with E-state index < -0.39 is 17.7 Å². The summed E-state index contributed by atoms with van der Waals surface area (Å²) in [7, 11) is 0. The molecule has 0 spiro atoms. The zero-order chi connectivity index (χ0) is 20.5. The van der Waals surface area contributed by atoms with Crippen LogP contribution in [-0.2, 0) is 24.2 Å². The predicted octanol–water partition coefficient (Wildman–Crippen LogP) is 3.88. The number of amides is 1. The minimum Gasteiger partial charge on any atom is -0.350 e. The van der Waals surface area contributed by atoms with E-state index in [0.717, 1.165) is 48.2 Å². The summed E-state index contributed by atoms with van der Waals surface area (Å²) in [5, 5.41) is 3.45. The number of carbonyl (C=O) groups is 1. The van der Waals surface area contributed by atoms with Gasteiger partial charge in [0.25, 0.3) is 5.56 Å². The van der Waals surface area contributed by atoms with Crippen LogP contribution >= 0.6 is 11.3 Å². The topological polar surface area (TPSA) is 64.0 Å². The maximum Gasteiger partial charge on any atom is 0.262 e. The van der Waals surface area contributed by atoms with Crippen molar-refractivity contribution in [2.75, 3.05) is 0 Å². The number of hydrogen-bond acceptors (Lipinski definition) is 4. The van der Waals surface area contributed by atoms with Gasteiger partial charge in [-0.3, -0.25) is 14.2 Å². The summed E-state index contributed by atoms with van der Waals surface area (Å²) in [5.41, 5.74) is 1.50. The highest BCUT2D eigenvalue weighted by Crippen LogP contribution is 2.33. The van der Waals surface area contributed by atoms with Gasteiger partial charge in [0.2, 0.25) is 5.91 Å². The van der Waals surface area contributed by atoms with E-state index in [2.05, 4.69) is 10.3 Å². The fourth-order valence-electron chi connectivity index (χ4n) is 3.74. The van der Waals surface area contributed by atoms with Gasteiger partial charge in [-0.15, -0.1) is 11.3 Å². The second kappa shape index (κ2) is 8.02. The molecule has 0 radical (unpaired) electrons. The summed E-state index contributed by atoms with van der Waals surface area (Å²) in [4.78, 5) is 31.7. The first-order valence-electron chi connectivity index (χ1n) is 9.68. The summed E-state index contributed by atoms with van der Waals surface area (Å²) in [6.45, 7) is 1.91. The highest BCUT2D eigenvalue weighted by Gasteiger charge is 2.20. The Hall–Kier alpha value is -2.61. The van der Waals surface area contributed by atoms with E-state index in [1.807, 2.05) is 0 Å². The van der Waals surface area contributed by atoms with Crippen LogP contribution in [0.3, 0.4) is 0 Å². The van der Waals surface area contributed by atoms with Crippen molar-refractivity contribution in [3.05, 3.63) is 62.5 Å². The van der Waals surface area contributed by atoms with Gasteiger partial charge in [-0.2, -0.15) is 0 Å². The molecule has 0 unspecified atom stereocenters. The van der Waals surface area contributed by atoms with Gasteiger partial charge in [0, 0.05) is 17.8 Å². The zero-order valence-electron chi connectivity index (χ0n) is 16.0.